The summed E-state index contributed by atoms with van der Waals surface area (Å²) in [6.07, 6.45) is 5.96. The molecule has 1 atom stereocenters. The molecule has 0 saturated carbocycles. The quantitative estimate of drug-likeness (QED) is 0.708. The average molecular weight is 376 g/mol. The Balaban J connectivity index is 1.65. The van der Waals surface area contributed by atoms with E-state index in [0.29, 0.717) is 5.92 Å². The van der Waals surface area contributed by atoms with Crippen molar-refractivity contribution in [3.63, 3.8) is 0 Å². The molecule has 28 heavy (non-hydrogen) atoms. The van der Waals surface area contributed by atoms with E-state index in [0.717, 1.165) is 47.7 Å². The van der Waals surface area contributed by atoms with Crippen molar-refractivity contribution in [1.82, 2.24) is 20.3 Å². The Bertz CT molecular complexity index is 937. The van der Waals surface area contributed by atoms with Crippen LogP contribution in [0.5, 0.6) is 0 Å². The highest BCUT2D eigenvalue weighted by Crippen LogP contribution is 2.28. The molecule has 0 bridgehead atoms. The van der Waals surface area contributed by atoms with Gasteiger partial charge in [0.15, 0.2) is 5.82 Å². The first kappa shape index (κ1) is 18.8. The molecule has 0 unspecified atom stereocenters. The SMILES string of the molecule is CC(C)(C)c1ccc(-c2cc3nccnc3c(NC[C@H]3CCCNC3)n2)cc1. The summed E-state index contributed by atoms with van der Waals surface area (Å²) in [6, 6.07) is 10.7. The van der Waals surface area contributed by atoms with Crippen molar-refractivity contribution < 1.29 is 0 Å². The molecule has 1 saturated heterocycles. The van der Waals surface area contributed by atoms with Gasteiger partial charge in [0.25, 0.3) is 0 Å². The molecular formula is C23H29N5. The van der Waals surface area contributed by atoms with Crippen LogP contribution in [0.4, 0.5) is 5.82 Å². The number of fused-ring (bicyclic) bond motifs is 1. The number of pyridine rings is 1. The summed E-state index contributed by atoms with van der Waals surface area (Å²) in [5.74, 6) is 1.45. The van der Waals surface area contributed by atoms with E-state index >= 15 is 0 Å². The van der Waals surface area contributed by atoms with Crippen LogP contribution in [0.2, 0.25) is 0 Å². The maximum Gasteiger partial charge on any atom is 0.154 e. The summed E-state index contributed by atoms with van der Waals surface area (Å²) >= 11 is 0. The summed E-state index contributed by atoms with van der Waals surface area (Å²) in [4.78, 5) is 14.0. The largest absolute Gasteiger partial charge is 0.368 e. The molecule has 2 aromatic heterocycles. The van der Waals surface area contributed by atoms with Gasteiger partial charge in [0.1, 0.15) is 5.52 Å². The van der Waals surface area contributed by atoms with E-state index in [1.165, 1.54) is 18.4 Å². The number of hydrogen-bond donors (Lipinski definition) is 2. The molecule has 5 nitrogen and oxygen atoms in total. The van der Waals surface area contributed by atoms with E-state index in [1.54, 1.807) is 12.4 Å². The molecule has 0 amide bonds. The normalized spacial score (nSPS) is 17.6. The molecule has 4 rings (SSSR count). The lowest BCUT2D eigenvalue weighted by Gasteiger charge is -2.23. The van der Waals surface area contributed by atoms with Gasteiger partial charge in [-0.05, 0) is 48.9 Å². The van der Waals surface area contributed by atoms with Crippen molar-refractivity contribution in [2.45, 2.75) is 39.0 Å². The number of nitrogens with one attached hydrogen (secondary N) is 2. The molecule has 0 radical (unpaired) electrons. The van der Waals surface area contributed by atoms with Crippen molar-refractivity contribution in [1.29, 1.82) is 0 Å². The fourth-order valence-corrected chi connectivity index (χ4v) is 3.72. The first-order valence-electron chi connectivity index (χ1n) is 10.2. The van der Waals surface area contributed by atoms with Gasteiger partial charge in [-0.25, -0.2) is 9.97 Å². The maximum absolute atomic E-state index is 4.91. The molecule has 1 aliphatic heterocycles. The van der Waals surface area contributed by atoms with Crippen LogP contribution in [-0.4, -0.2) is 34.6 Å². The summed E-state index contributed by atoms with van der Waals surface area (Å²) in [7, 11) is 0. The third-order valence-electron chi connectivity index (χ3n) is 5.46. The summed E-state index contributed by atoms with van der Waals surface area (Å²) in [5, 5.41) is 7.02. The minimum atomic E-state index is 0.140. The van der Waals surface area contributed by atoms with E-state index in [2.05, 4.69) is 65.6 Å². The maximum atomic E-state index is 4.91. The number of hydrogen-bond acceptors (Lipinski definition) is 5. The first-order chi connectivity index (χ1) is 13.5. The van der Waals surface area contributed by atoms with E-state index in [4.69, 9.17) is 4.98 Å². The number of benzene rings is 1. The predicted octanol–water partition coefficient (Wildman–Crippen LogP) is 4.40. The smallest absolute Gasteiger partial charge is 0.154 e. The molecule has 1 aromatic carbocycles. The fraction of sp³-hybridized carbons (Fsp3) is 0.435. The van der Waals surface area contributed by atoms with Crippen molar-refractivity contribution in [3.05, 3.63) is 48.3 Å². The minimum Gasteiger partial charge on any atom is -0.368 e. The average Bonchev–Trinajstić information content (AvgIpc) is 2.72. The van der Waals surface area contributed by atoms with Crippen molar-refractivity contribution in [2.75, 3.05) is 25.0 Å². The summed E-state index contributed by atoms with van der Waals surface area (Å²) < 4.78 is 0. The third kappa shape index (κ3) is 4.14. The molecule has 3 heterocycles. The minimum absolute atomic E-state index is 0.140. The number of anilines is 1. The molecule has 0 spiro atoms. The monoisotopic (exact) mass is 375 g/mol. The molecule has 5 heteroatoms. The van der Waals surface area contributed by atoms with Gasteiger partial charge in [0.2, 0.25) is 0 Å². The zero-order valence-electron chi connectivity index (χ0n) is 17.0. The van der Waals surface area contributed by atoms with Crippen LogP contribution in [0.1, 0.15) is 39.2 Å². The van der Waals surface area contributed by atoms with Gasteiger partial charge in [0.05, 0.1) is 11.2 Å². The highest BCUT2D eigenvalue weighted by Gasteiger charge is 2.16. The highest BCUT2D eigenvalue weighted by molar-refractivity contribution is 5.88. The lowest BCUT2D eigenvalue weighted by molar-refractivity contribution is 0.392. The third-order valence-corrected chi connectivity index (χ3v) is 5.46. The standard InChI is InChI=1S/C23H29N5/c1-23(2,3)18-8-6-17(7-9-18)19-13-20-21(26-12-11-25-20)22(28-19)27-15-16-5-4-10-24-14-16/h6-9,11-13,16,24H,4-5,10,14-15H2,1-3H3,(H,27,28)/t16-/m0/s1. The fourth-order valence-electron chi connectivity index (χ4n) is 3.72. The summed E-state index contributed by atoms with van der Waals surface area (Å²) in [6.45, 7) is 9.78. The Morgan fingerprint density at radius 1 is 1.11 bits per heavy atom. The second-order valence-corrected chi connectivity index (χ2v) is 8.70. The van der Waals surface area contributed by atoms with Crippen LogP contribution in [0.15, 0.2) is 42.7 Å². The van der Waals surface area contributed by atoms with E-state index in [-0.39, 0.29) is 5.41 Å². The Hall–Kier alpha value is -2.53. The number of aromatic nitrogens is 3. The zero-order chi connectivity index (χ0) is 19.6. The van der Waals surface area contributed by atoms with Crippen LogP contribution in [0.25, 0.3) is 22.3 Å². The highest BCUT2D eigenvalue weighted by atomic mass is 15.0. The molecule has 146 valence electrons. The van der Waals surface area contributed by atoms with Gasteiger partial charge in [-0.3, -0.25) is 4.98 Å². The van der Waals surface area contributed by atoms with Crippen LogP contribution in [0, 0.1) is 5.92 Å². The first-order valence-corrected chi connectivity index (χ1v) is 10.2. The molecular weight excluding hydrogens is 346 g/mol. The Labute approximate surface area is 167 Å². The van der Waals surface area contributed by atoms with E-state index in [1.807, 2.05) is 6.07 Å². The second-order valence-electron chi connectivity index (χ2n) is 8.70. The van der Waals surface area contributed by atoms with E-state index in [9.17, 15) is 0 Å². The van der Waals surface area contributed by atoms with Crippen LogP contribution < -0.4 is 10.6 Å². The zero-order valence-corrected chi connectivity index (χ0v) is 17.0. The van der Waals surface area contributed by atoms with Gasteiger partial charge < -0.3 is 10.6 Å². The number of piperidine rings is 1. The molecule has 2 N–H and O–H groups in total. The van der Waals surface area contributed by atoms with Crippen LogP contribution in [-0.2, 0) is 5.41 Å². The number of rotatable bonds is 4. The summed E-state index contributed by atoms with van der Waals surface area (Å²) in [5.41, 5.74) is 5.19. The lowest BCUT2D eigenvalue weighted by atomic mass is 9.86. The molecule has 1 aliphatic rings. The second kappa shape index (κ2) is 7.84. The van der Waals surface area contributed by atoms with Crippen molar-refractivity contribution >= 4 is 16.9 Å². The molecule has 1 fully saturated rings. The molecule has 0 aliphatic carbocycles. The van der Waals surface area contributed by atoms with Gasteiger partial charge >= 0.3 is 0 Å². The van der Waals surface area contributed by atoms with Crippen LogP contribution in [0.3, 0.4) is 0 Å². The van der Waals surface area contributed by atoms with Gasteiger partial charge in [-0.2, -0.15) is 0 Å². The Kier molecular flexibility index (Phi) is 5.27. The number of nitrogens with zero attached hydrogens (tertiary/aromatic N) is 3. The topological polar surface area (TPSA) is 62.7 Å². The van der Waals surface area contributed by atoms with Gasteiger partial charge in [-0.1, -0.05) is 45.0 Å². The van der Waals surface area contributed by atoms with E-state index < -0.39 is 0 Å². The Morgan fingerprint density at radius 2 is 1.89 bits per heavy atom. The van der Waals surface area contributed by atoms with Gasteiger partial charge in [0, 0.05) is 24.5 Å². The predicted molar refractivity (Wildman–Crippen MR) is 116 cm³/mol. The van der Waals surface area contributed by atoms with Gasteiger partial charge in [-0.15, -0.1) is 0 Å². The van der Waals surface area contributed by atoms with Crippen molar-refractivity contribution in [2.24, 2.45) is 5.92 Å². The van der Waals surface area contributed by atoms with Crippen molar-refractivity contribution in [3.8, 4) is 11.3 Å². The lowest BCUT2D eigenvalue weighted by Crippen LogP contribution is -2.33. The molecule has 3 aromatic rings. The Morgan fingerprint density at radius 3 is 2.61 bits per heavy atom. The van der Waals surface area contributed by atoms with Crippen LogP contribution >= 0.6 is 0 Å².